The van der Waals surface area contributed by atoms with Crippen LogP contribution in [-0.2, 0) is 11.2 Å². The van der Waals surface area contributed by atoms with Crippen molar-refractivity contribution in [1.82, 2.24) is 10.6 Å². The number of rotatable bonds is 4. The normalized spacial score (nSPS) is 21.4. The summed E-state index contributed by atoms with van der Waals surface area (Å²) in [5.74, 6) is -0.0130. The van der Waals surface area contributed by atoms with Gasteiger partial charge in [0, 0.05) is 13.1 Å². The Balaban J connectivity index is 0.00000200. The number of hydrogen-bond acceptors (Lipinski definition) is 3. The fourth-order valence-electron chi connectivity index (χ4n) is 2.58. The summed E-state index contributed by atoms with van der Waals surface area (Å²) in [6.45, 7) is 5.31. The van der Waals surface area contributed by atoms with Crippen molar-refractivity contribution in [1.29, 1.82) is 0 Å². The molecule has 1 fully saturated rings. The maximum absolute atomic E-state index is 11.8. The van der Waals surface area contributed by atoms with E-state index in [1.54, 1.807) is 0 Å². The zero-order valence-electron chi connectivity index (χ0n) is 12.0. The van der Waals surface area contributed by atoms with Gasteiger partial charge in [0.25, 0.3) is 0 Å². The van der Waals surface area contributed by atoms with Gasteiger partial charge < -0.3 is 15.7 Å². The molecule has 1 heterocycles. The first-order chi connectivity index (χ1) is 9.04. The lowest BCUT2D eigenvalue weighted by Gasteiger charge is -2.11. The summed E-state index contributed by atoms with van der Waals surface area (Å²) in [5, 5.41) is 15.3. The summed E-state index contributed by atoms with van der Waals surface area (Å²) in [7, 11) is 0. The smallest absolute Gasteiger partial charge is 0.237 e. The topological polar surface area (TPSA) is 61.4 Å². The second kappa shape index (κ2) is 7.62. The quantitative estimate of drug-likeness (QED) is 0.780. The monoisotopic (exact) mass is 298 g/mol. The largest absolute Gasteiger partial charge is 0.392 e. The highest BCUT2D eigenvalue weighted by Crippen LogP contribution is 2.09. The van der Waals surface area contributed by atoms with Crippen LogP contribution in [0.3, 0.4) is 0 Å². The summed E-state index contributed by atoms with van der Waals surface area (Å²) in [4.78, 5) is 11.8. The average molecular weight is 299 g/mol. The van der Waals surface area contributed by atoms with E-state index in [1.165, 1.54) is 16.7 Å². The fourth-order valence-corrected chi connectivity index (χ4v) is 2.58. The number of carbonyl (C=O) groups is 1. The molecular weight excluding hydrogens is 276 g/mol. The van der Waals surface area contributed by atoms with E-state index >= 15 is 0 Å². The van der Waals surface area contributed by atoms with E-state index in [0.717, 1.165) is 6.42 Å². The van der Waals surface area contributed by atoms with Crippen molar-refractivity contribution in [3.8, 4) is 0 Å². The van der Waals surface area contributed by atoms with E-state index in [1.807, 2.05) is 0 Å². The summed E-state index contributed by atoms with van der Waals surface area (Å²) in [6, 6.07) is 6.20. The first-order valence-electron chi connectivity index (χ1n) is 6.81. The molecular formula is C15H23ClN2O2. The van der Waals surface area contributed by atoms with Crippen LogP contribution in [0, 0.1) is 13.8 Å². The second-order valence-corrected chi connectivity index (χ2v) is 5.39. The predicted molar refractivity (Wildman–Crippen MR) is 82.3 cm³/mol. The number of β-amino-alcohol motifs (C(OH)–C–C–N with tert-alkyl or cyclic N) is 1. The summed E-state index contributed by atoms with van der Waals surface area (Å²) < 4.78 is 0. The Morgan fingerprint density at radius 3 is 2.55 bits per heavy atom. The fraction of sp³-hybridized carbons (Fsp3) is 0.533. The van der Waals surface area contributed by atoms with Gasteiger partial charge in [0.1, 0.15) is 0 Å². The molecule has 0 spiro atoms. The van der Waals surface area contributed by atoms with Crippen LogP contribution in [-0.4, -0.2) is 36.2 Å². The van der Waals surface area contributed by atoms with Gasteiger partial charge in [-0.15, -0.1) is 12.4 Å². The van der Waals surface area contributed by atoms with Gasteiger partial charge >= 0.3 is 0 Å². The van der Waals surface area contributed by atoms with Crippen molar-refractivity contribution < 1.29 is 9.90 Å². The van der Waals surface area contributed by atoms with Gasteiger partial charge in [0.2, 0.25) is 5.91 Å². The highest BCUT2D eigenvalue weighted by atomic mass is 35.5. The van der Waals surface area contributed by atoms with Gasteiger partial charge in [-0.25, -0.2) is 0 Å². The molecule has 1 amide bonds. The molecule has 1 aliphatic rings. The zero-order valence-corrected chi connectivity index (χ0v) is 12.8. The summed E-state index contributed by atoms with van der Waals surface area (Å²) >= 11 is 0. The summed E-state index contributed by atoms with van der Waals surface area (Å²) in [6.07, 6.45) is 0.953. The Bertz CT molecular complexity index is 445. The van der Waals surface area contributed by atoms with Crippen LogP contribution < -0.4 is 10.6 Å². The Morgan fingerprint density at radius 1 is 1.35 bits per heavy atom. The number of halogens is 1. The first-order valence-corrected chi connectivity index (χ1v) is 6.81. The molecule has 1 aromatic rings. The standard InChI is InChI=1S/C15H22N2O2.ClH/c1-10-5-11(2)7-12(6-10)3-4-16-15(19)14-8-13(18)9-17-14;/h5-7,13-14,17-18H,3-4,8-9H2,1-2H3,(H,16,19);1H. The van der Waals surface area contributed by atoms with E-state index in [4.69, 9.17) is 0 Å². The zero-order chi connectivity index (χ0) is 13.8. The third kappa shape index (κ3) is 4.78. The molecule has 0 saturated carbocycles. The summed E-state index contributed by atoms with van der Waals surface area (Å²) in [5.41, 5.74) is 3.75. The van der Waals surface area contributed by atoms with E-state index < -0.39 is 6.10 Å². The van der Waals surface area contributed by atoms with E-state index in [0.29, 0.717) is 19.5 Å². The van der Waals surface area contributed by atoms with E-state index in [-0.39, 0.29) is 24.4 Å². The molecule has 4 nitrogen and oxygen atoms in total. The molecule has 2 atom stereocenters. The van der Waals surface area contributed by atoms with E-state index in [9.17, 15) is 9.90 Å². The van der Waals surface area contributed by atoms with Gasteiger partial charge in [0.15, 0.2) is 0 Å². The highest BCUT2D eigenvalue weighted by molar-refractivity contribution is 5.85. The Morgan fingerprint density at radius 2 is 2.00 bits per heavy atom. The maximum Gasteiger partial charge on any atom is 0.237 e. The van der Waals surface area contributed by atoms with Gasteiger partial charge in [-0.1, -0.05) is 29.3 Å². The van der Waals surface area contributed by atoms with Crippen molar-refractivity contribution >= 4 is 18.3 Å². The van der Waals surface area contributed by atoms with Crippen LogP contribution in [0.2, 0.25) is 0 Å². The predicted octanol–water partition coefficient (Wildman–Crippen LogP) is 1.11. The molecule has 0 bridgehead atoms. The van der Waals surface area contributed by atoms with E-state index in [2.05, 4.69) is 42.7 Å². The Kier molecular flexibility index (Phi) is 6.46. The average Bonchev–Trinajstić information content (AvgIpc) is 2.74. The van der Waals surface area contributed by atoms with Crippen molar-refractivity contribution in [3.05, 3.63) is 34.9 Å². The van der Waals surface area contributed by atoms with Crippen molar-refractivity contribution in [2.75, 3.05) is 13.1 Å². The van der Waals surface area contributed by atoms with Crippen molar-refractivity contribution in [3.63, 3.8) is 0 Å². The molecule has 0 aliphatic carbocycles. The number of aliphatic hydroxyl groups excluding tert-OH is 1. The number of amides is 1. The number of carbonyl (C=O) groups excluding carboxylic acids is 1. The molecule has 0 aromatic heterocycles. The van der Waals surface area contributed by atoms with Crippen molar-refractivity contribution in [2.24, 2.45) is 0 Å². The van der Waals surface area contributed by atoms with Gasteiger partial charge in [-0.05, 0) is 32.3 Å². The second-order valence-electron chi connectivity index (χ2n) is 5.39. The lowest BCUT2D eigenvalue weighted by atomic mass is 10.1. The van der Waals surface area contributed by atoms with Crippen LogP contribution in [0.1, 0.15) is 23.1 Å². The minimum atomic E-state index is -0.393. The Labute approximate surface area is 126 Å². The molecule has 1 aliphatic heterocycles. The van der Waals surface area contributed by atoms with Gasteiger partial charge in [0.05, 0.1) is 12.1 Å². The minimum absolute atomic E-state index is 0. The van der Waals surface area contributed by atoms with Crippen LogP contribution in [0.15, 0.2) is 18.2 Å². The highest BCUT2D eigenvalue weighted by Gasteiger charge is 2.27. The molecule has 20 heavy (non-hydrogen) atoms. The molecule has 5 heteroatoms. The molecule has 1 aromatic carbocycles. The first kappa shape index (κ1) is 17.0. The third-order valence-electron chi connectivity index (χ3n) is 3.42. The molecule has 2 unspecified atom stereocenters. The van der Waals surface area contributed by atoms with Crippen LogP contribution in [0.4, 0.5) is 0 Å². The number of aliphatic hydroxyl groups is 1. The van der Waals surface area contributed by atoms with Crippen molar-refractivity contribution in [2.45, 2.75) is 38.8 Å². The molecule has 112 valence electrons. The van der Waals surface area contributed by atoms with Crippen LogP contribution in [0.25, 0.3) is 0 Å². The van der Waals surface area contributed by atoms with Gasteiger partial charge in [-0.3, -0.25) is 4.79 Å². The third-order valence-corrected chi connectivity index (χ3v) is 3.42. The van der Waals surface area contributed by atoms with Crippen LogP contribution >= 0.6 is 12.4 Å². The maximum atomic E-state index is 11.8. The lowest BCUT2D eigenvalue weighted by Crippen LogP contribution is -2.41. The molecule has 2 rings (SSSR count). The molecule has 1 saturated heterocycles. The SMILES string of the molecule is Cc1cc(C)cc(CCNC(=O)C2CC(O)CN2)c1.Cl. The van der Waals surface area contributed by atoms with Crippen LogP contribution in [0.5, 0.6) is 0 Å². The number of aryl methyl sites for hydroxylation is 2. The van der Waals surface area contributed by atoms with Gasteiger partial charge in [-0.2, -0.15) is 0 Å². The Hall–Kier alpha value is -1.10. The number of hydrogen-bond donors (Lipinski definition) is 3. The number of benzene rings is 1. The molecule has 0 radical (unpaired) electrons. The number of nitrogens with one attached hydrogen (secondary N) is 2. The molecule has 3 N–H and O–H groups in total. The lowest BCUT2D eigenvalue weighted by molar-refractivity contribution is -0.122. The minimum Gasteiger partial charge on any atom is -0.392 e.